The van der Waals surface area contributed by atoms with Crippen LogP contribution in [0.3, 0.4) is 0 Å². The lowest BCUT2D eigenvalue weighted by Crippen LogP contribution is -2.06. The summed E-state index contributed by atoms with van der Waals surface area (Å²) in [6.07, 6.45) is 11.9. The summed E-state index contributed by atoms with van der Waals surface area (Å²) in [6.45, 7) is 1.54. The van der Waals surface area contributed by atoms with E-state index in [0.29, 0.717) is 0 Å². The second kappa shape index (κ2) is 10.6. The van der Waals surface area contributed by atoms with Crippen LogP contribution in [0.4, 0.5) is 0 Å². The maximum absolute atomic E-state index is 8.39. The van der Waals surface area contributed by atoms with E-state index in [2.05, 4.69) is 6.07 Å². The lowest BCUT2D eigenvalue weighted by atomic mass is 10.1. The zero-order valence-electron chi connectivity index (χ0n) is 10.8. The van der Waals surface area contributed by atoms with Gasteiger partial charge in [-0.05, 0) is 19.3 Å². The topological polar surface area (TPSA) is 42.2 Å². The van der Waals surface area contributed by atoms with Crippen molar-refractivity contribution in [3.63, 3.8) is 0 Å². The Balaban J connectivity index is 1.71. The van der Waals surface area contributed by atoms with Crippen molar-refractivity contribution in [2.75, 3.05) is 13.2 Å². The van der Waals surface area contributed by atoms with E-state index >= 15 is 0 Å². The molecule has 0 aromatic heterocycles. The highest BCUT2D eigenvalue weighted by molar-refractivity contribution is 4.67. The molecule has 17 heavy (non-hydrogen) atoms. The van der Waals surface area contributed by atoms with Crippen molar-refractivity contribution in [1.82, 2.24) is 0 Å². The summed E-state index contributed by atoms with van der Waals surface area (Å²) in [6, 6.07) is 2.19. The molecule has 98 valence electrons. The van der Waals surface area contributed by atoms with Crippen LogP contribution in [0.2, 0.25) is 0 Å². The van der Waals surface area contributed by atoms with Crippen LogP contribution in [0, 0.1) is 11.3 Å². The summed E-state index contributed by atoms with van der Waals surface area (Å²) >= 11 is 0. The van der Waals surface area contributed by atoms with Crippen molar-refractivity contribution < 1.29 is 9.47 Å². The monoisotopic (exact) mass is 239 g/mol. The van der Waals surface area contributed by atoms with Crippen LogP contribution in [0.5, 0.6) is 0 Å². The van der Waals surface area contributed by atoms with Crippen molar-refractivity contribution in [3.05, 3.63) is 0 Å². The Morgan fingerprint density at radius 2 is 1.35 bits per heavy atom. The SMILES string of the molecule is N#CCCCCCCCCCCC1OCCO1. The summed E-state index contributed by atoms with van der Waals surface area (Å²) in [5.41, 5.74) is 0. The second-order valence-electron chi connectivity index (χ2n) is 4.70. The van der Waals surface area contributed by atoms with Gasteiger partial charge in [0.05, 0.1) is 19.3 Å². The fraction of sp³-hybridized carbons (Fsp3) is 0.929. The third-order valence-corrected chi connectivity index (χ3v) is 3.17. The summed E-state index contributed by atoms with van der Waals surface area (Å²) in [7, 11) is 0. The van der Waals surface area contributed by atoms with Gasteiger partial charge in [0.25, 0.3) is 0 Å². The van der Waals surface area contributed by atoms with E-state index < -0.39 is 0 Å². The predicted octanol–water partition coefficient (Wildman–Crippen LogP) is 3.78. The fourth-order valence-electron chi connectivity index (χ4n) is 2.15. The van der Waals surface area contributed by atoms with Crippen LogP contribution in [-0.4, -0.2) is 19.5 Å². The van der Waals surface area contributed by atoms with Crippen LogP contribution < -0.4 is 0 Å². The highest BCUT2D eigenvalue weighted by Crippen LogP contribution is 2.14. The van der Waals surface area contributed by atoms with E-state index in [1.807, 2.05) is 0 Å². The Morgan fingerprint density at radius 3 is 1.94 bits per heavy atom. The first-order valence-corrected chi connectivity index (χ1v) is 7.03. The van der Waals surface area contributed by atoms with E-state index in [4.69, 9.17) is 14.7 Å². The summed E-state index contributed by atoms with van der Waals surface area (Å²) in [4.78, 5) is 0. The van der Waals surface area contributed by atoms with Gasteiger partial charge in [-0.25, -0.2) is 0 Å². The van der Waals surface area contributed by atoms with Gasteiger partial charge in [-0.3, -0.25) is 0 Å². The molecule has 1 saturated heterocycles. The first-order valence-electron chi connectivity index (χ1n) is 7.03. The van der Waals surface area contributed by atoms with Gasteiger partial charge in [0.2, 0.25) is 0 Å². The van der Waals surface area contributed by atoms with E-state index in [9.17, 15) is 0 Å². The van der Waals surface area contributed by atoms with Gasteiger partial charge < -0.3 is 9.47 Å². The maximum Gasteiger partial charge on any atom is 0.157 e. The molecule has 0 N–H and O–H groups in total. The molecule has 0 bridgehead atoms. The number of rotatable bonds is 10. The molecule has 3 heteroatoms. The third-order valence-electron chi connectivity index (χ3n) is 3.17. The molecule has 0 amide bonds. The average Bonchev–Trinajstić information content (AvgIpc) is 2.85. The van der Waals surface area contributed by atoms with Gasteiger partial charge in [0.1, 0.15) is 0 Å². The van der Waals surface area contributed by atoms with E-state index in [-0.39, 0.29) is 6.29 Å². The Hall–Kier alpha value is -0.590. The number of hydrogen-bond acceptors (Lipinski definition) is 3. The van der Waals surface area contributed by atoms with Gasteiger partial charge in [-0.2, -0.15) is 5.26 Å². The Labute approximate surface area is 105 Å². The minimum absolute atomic E-state index is 0.0842. The molecular weight excluding hydrogens is 214 g/mol. The molecular formula is C14H25NO2. The number of ether oxygens (including phenoxy) is 2. The van der Waals surface area contributed by atoms with Crippen LogP contribution in [-0.2, 0) is 9.47 Å². The molecule has 1 fully saturated rings. The fourth-order valence-corrected chi connectivity index (χ4v) is 2.15. The predicted molar refractivity (Wildman–Crippen MR) is 67.5 cm³/mol. The molecule has 0 aliphatic carbocycles. The molecule has 0 aromatic carbocycles. The van der Waals surface area contributed by atoms with Crippen LogP contribution in [0.25, 0.3) is 0 Å². The number of nitrogens with zero attached hydrogens (tertiary/aromatic N) is 1. The zero-order valence-corrected chi connectivity index (χ0v) is 10.8. The largest absolute Gasteiger partial charge is 0.350 e. The molecule has 0 aromatic rings. The van der Waals surface area contributed by atoms with E-state index in [1.165, 1.54) is 44.9 Å². The summed E-state index contributed by atoms with van der Waals surface area (Å²) in [5.74, 6) is 0. The highest BCUT2D eigenvalue weighted by Gasteiger charge is 2.14. The Bertz CT molecular complexity index is 207. The molecule has 0 spiro atoms. The van der Waals surface area contributed by atoms with E-state index in [0.717, 1.165) is 32.5 Å². The molecule has 1 heterocycles. The smallest absolute Gasteiger partial charge is 0.157 e. The maximum atomic E-state index is 8.39. The van der Waals surface area contributed by atoms with E-state index in [1.54, 1.807) is 0 Å². The Morgan fingerprint density at radius 1 is 0.824 bits per heavy atom. The molecule has 0 unspecified atom stereocenters. The van der Waals surface area contributed by atoms with Crippen LogP contribution in [0.1, 0.15) is 64.2 Å². The minimum Gasteiger partial charge on any atom is -0.350 e. The van der Waals surface area contributed by atoms with Crippen molar-refractivity contribution in [1.29, 1.82) is 5.26 Å². The molecule has 1 aliphatic heterocycles. The summed E-state index contributed by atoms with van der Waals surface area (Å²) in [5, 5.41) is 8.39. The zero-order chi connectivity index (χ0) is 12.2. The standard InChI is InChI=1S/C14H25NO2/c15-11-9-7-5-3-1-2-4-6-8-10-14-16-12-13-17-14/h14H,1-10,12-13H2. The molecule has 0 radical (unpaired) electrons. The van der Waals surface area contributed by atoms with Crippen LogP contribution in [0.15, 0.2) is 0 Å². The quantitative estimate of drug-likeness (QED) is 0.545. The lowest BCUT2D eigenvalue weighted by Gasteiger charge is -2.07. The van der Waals surface area contributed by atoms with Gasteiger partial charge in [-0.15, -0.1) is 0 Å². The summed E-state index contributed by atoms with van der Waals surface area (Å²) < 4.78 is 10.8. The minimum atomic E-state index is 0.0842. The first-order chi connectivity index (χ1) is 8.43. The van der Waals surface area contributed by atoms with Crippen molar-refractivity contribution >= 4 is 0 Å². The number of nitriles is 1. The molecule has 3 nitrogen and oxygen atoms in total. The number of hydrogen-bond donors (Lipinski definition) is 0. The van der Waals surface area contributed by atoms with Crippen LogP contribution >= 0.6 is 0 Å². The highest BCUT2D eigenvalue weighted by atomic mass is 16.7. The first kappa shape index (κ1) is 14.5. The third kappa shape index (κ3) is 8.18. The number of unbranched alkanes of at least 4 members (excludes halogenated alkanes) is 8. The molecule has 0 atom stereocenters. The second-order valence-corrected chi connectivity index (χ2v) is 4.70. The Kier molecular flexibility index (Phi) is 8.99. The lowest BCUT2D eigenvalue weighted by molar-refractivity contribution is -0.0480. The molecule has 1 rings (SSSR count). The van der Waals surface area contributed by atoms with Gasteiger partial charge in [0.15, 0.2) is 6.29 Å². The van der Waals surface area contributed by atoms with Gasteiger partial charge in [0, 0.05) is 6.42 Å². The van der Waals surface area contributed by atoms with Crippen molar-refractivity contribution in [2.45, 2.75) is 70.5 Å². The normalized spacial score (nSPS) is 16.2. The average molecular weight is 239 g/mol. The van der Waals surface area contributed by atoms with Crippen molar-refractivity contribution in [3.8, 4) is 6.07 Å². The van der Waals surface area contributed by atoms with Crippen molar-refractivity contribution in [2.24, 2.45) is 0 Å². The van der Waals surface area contributed by atoms with Gasteiger partial charge >= 0.3 is 0 Å². The molecule has 0 saturated carbocycles. The van der Waals surface area contributed by atoms with Gasteiger partial charge in [-0.1, -0.05) is 38.5 Å². The molecule has 1 aliphatic rings.